The van der Waals surface area contributed by atoms with Gasteiger partial charge in [-0.15, -0.1) is 0 Å². The molecule has 148 valence electrons. The molecule has 1 aliphatic carbocycles. The van der Waals surface area contributed by atoms with Gasteiger partial charge in [-0.25, -0.2) is 4.39 Å². The molecule has 1 aromatic heterocycles. The highest BCUT2D eigenvalue weighted by Gasteiger charge is 2.53. The van der Waals surface area contributed by atoms with Crippen LogP contribution >= 0.6 is 0 Å². The Balaban J connectivity index is 1.34. The minimum absolute atomic E-state index is 0.134. The second-order valence-corrected chi connectivity index (χ2v) is 9.40. The van der Waals surface area contributed by atoms with Crippen LogP contribution in [0.3, 0.4) is 0 Å². The van der Waals surface area contributed by atoms with Crippen LogP contribution in [-0.2, 0) is 13.6 Å². The highest BCUT2D eigenvalue weighted by Crippen LogP contribution is 2.48. The number of piperidine rings is 3. The van der Waals surface area contributed by atoms with Crippen molar-refractivity contribution in [3.05, 3.63) is 53.1 Å². The lowest BCUT2D eigenvalue weighted by Crippen LogP contribution is -2.60. The van der Waals surface area contributed by atoms with Crippen molar-refractivity contribution in [3.63, 3.8) is 0 Å². The summed E-state index contributed by atoms with van der Waals surface area (Å²) >= 11 is 0. The molecule has 0 spiro atoms. The number of likely N-dealkylation sites (tertiary alicyclic amines) is 1. The van der Waals surface area contributed by atoms with Crippen LogP contribution in [0.15, 0.2) is 30.5 Å². The molecule has 0 N–H and O–H groups in total. The first kappa shape index (κ1) is 17.2. The zero-order valence-corrected chi connectivity index (χ0v) is 16.6. The predicted octanol–water partition coefficient (Wildman–Crippen LogP) is 3.50. The Bertz CT molecular complexity index is 863. The molecule has 5 aliphatic rings. The van der Waals surface area contributed by atoms with E-state index in [1.165, 1.54) is 55.6 Å². The lowest BCUT2D eigenvalue weighted by atomic mass is 9.75. The number of hydrogen-bond donors (Lipinski definition) is 0. The molecule has 2 bridgehead atoms. The minimum atomic E-state index is -0.134. The zero-order valence-electron chi connectivity index (χ0n) is 16.6. The Kier molecular flexibility index (Phi) is 3.92. The van der Waals surface area contributed by atoms with Crippen LogP contribution in [0.4, 0.5) is 4.39 Å². The van der Waals surface area contributed by atoms with E-state index in [0.29, 0.717) is 18.0 Å². The van der Waals surface area contributed by atoms with Gasteiger partial charge in [0.05, 0.1) is 6.20 Å². The van der Waals surface area contributed by atoms with Crippen LogP contribution in [0.2, 0.25) is 0 Å². The van der Waals surface area contributed by atoms with E-state index in [1.54, 1.807) is 12.1 Å². The van der Waals surface area contributed by atoms with Gasteiger partial charge in [0.2, 0.25) is 0 Å². The van der Waals surface area contributed by atoms with E-state index in [0.717, 1.165) is 24.9 Å². The summed E-state index contributed by atoms with van der Waals surface area (Å²) in [5, 5.41) is 4.60. The Hall–Kier alpha value is -1.72. The molecular formula is C23H29FN4. The molecule has 5 heterocycles. The molecule has 1 aromatic carbocycles. The fourth-order valence-corrected chi connectivity index (χ4v) is 6.44. The van der Waals surface area contributed by atoms with Gasteiger partial charge >= 0.3 is 0 Å². The lowest BCUT2D eigenvalue weighted by molar-refractivity contribution is -0.00875. The van der Waals surface area contributed by atoms with Crippen molar-refractivity contribution in [2.45, 2.75) is 56.1 Å². The molecule has 5 heteroatoms. The molecule has 0 radical (unpaired) electrons. The number of aromatic nitrogens is 2. The van der Waals surface area contributed by atoms with Gasteiger partial charge in [0.1, 0.15) is 5.82 Å². The normalized spacial score (nSPS) is 34.7. The minimum Gasteiger partial charge on any atom is -0.298 e. The van der Waals surface area contributed by atoms with Crippen LogP contribution in [0, 0.1) is 11.7 Å². The lowest BCUT2D eigenvalue weighted by Gasteiger charge is -2.51. The average molecular weight is 381 g/mol. The van der Waals surface area contributed by atoms with Gasteiger partial charge in [0, 0.05) is 55.3 Å². The van der Waals surface area contributed by atoms with Crippen LogP contribution in [0.25, 0.3) is 0 Å². The van der Waals surface area contributed by atoms with Crippen molar-refractivity contribution in [1.82, 2.24) is 19.6 Å². The number of halogens is 1. The molecule has 0 amide bonds. The molecule has 1 saturated carbocycles. The summed E-state index contributed by atoms with van der Waals surface area (Å²) in [4.78, 5) is 5.47. The first-order valence-corrected chi connectivity index (χ1v) is 10.9. The van der Waals surface area contributed by atoms with Gasteiger partial charge in [-0.2, -0.15) is 5.10 Å². The van der Waals surface area contributed by atoms with E-state index in [2.05, 4.69) is 32.8 Å². The second kappa shape index (κ2) is 6.39. The van der Waals surface area contributed by atoms with Crippen LogP contribution in [-0.4, -0.2) is 51.3 Å². The maximum absolute atomic E-state index is 13.5. The van der Waals surface area contributed by atoms with Crippen molar-refractivity contribution in [2.24, 2.45) is 13.0 Å². The van der Waals surface area contributed by atoms with Crippen LogP contribution < -0.4 is 0 Å². The summed E-state index contributed by atoms with van der Waals surface area (Å²) in [6.45, 7) is 4.56. The van der Waals surface area contributed by atoms with Gasteiger partial charge in [-0.05, 0) is 62.4 Å². The molecule has 0 unspecified atom stereocenters. The van der Waals surface area contributed by atoms with E-state index in [9.17, 15) is 4.39 Å². The monoisotopic (exact) mass is 380 g/mol. The molecular weight excluding hydrogens is 351 g/mol. The van der Waals surface area contributed by atoms with Gasteiger partial charge in [0.15, 0.2) is 0 Å². The number of benzene rings is 1. The van der Waals surface area contributed by atoms with Crippen molar-refractivity contribution in [1.29, 1.82) is 0 Å². The summed E-state index contributed by atoms with van der Waals surface area (Å²) in [5.74, 6) is 1.88. The van der Waals surface area contributed by atoms with E-state index in [1.807, 2.05) is 12.1 Å². The molecule has 28 heavy (non-hydrogen) atoms. The summed E-state index contributed by atoms with van der Waals surface area (Å²) in [6.07, 6.45) is 7.39. The average Bonchev–Trinajstić information content (AvgIpc) is 3.38. The zero-order chi connectivity index (χ0) is 18.8. The summed E-state index contributed by atoms with van der Waals surface area (Å²) in [6, 6.07) is 8.52. The number of aryl methyl sites for hydroxylation is 1. The van der Waals surface area contributed by atoms with E-state index in [4.69, 9.17) is 0 Å². The molecule has 7 rings (SSSR count). The van der Waals surface area contributed by atoms with Crippen LogP contribution in [0.5, 0.6) is 0 Å². The third kappa shape index (κ3) is 2.66. The summed E-state index contributed by atoms with van der Waals surface area (Å²) in [5.41, 5.74) is 4.20. The standard InChI is InChI=1S/C23H29FN4/c1-26-21(16-2-3-16)18(12-25-26)13-28-14-20(15-4-6-19(24)7-5-15)23-22(28)17-8-10-27(23)11-9-17/h4-7,12,16-17,20,22-23H,2-3,8-11,13-14H2,1H3/t20-,22-,23-/m1/s1. The van der Waals surface area contributed by atoms with Crippen molar-refractivity contribution >= 4 is 0 Å². The highest BCUT2D eigenvalue weighted by atomic mass is 19.1. The maximum atomic E-state index is 13.5. The predicted molar refractivity (Wildman–Crippen MR) is 107 cm³/mol. The first-order valence-electron chi connectivity index (χ1n) is 10.9. The SMILES string of the molecule is Cn1ncc(CN2C[C@H](c3ccc(F)cc3)[C@@H]3[C@H]2C2CCN3CC2)c1C1CC1. The number of fused-ring (bicyclic) bond motifs is 2. The third-order valence-corrected chi connectivity index (χ3v) is 7.79. The Morgan fingerprint density at radius 1 is 1.04 bits per heavy atom. The molecule has 2 aromatic rings. The number of nitrogens with zero attached hydrogens (tertiary/aromatic N) is 4. The topological polar surface area (TPSA) is 24.3 Å². The quantitative estimate of drug-likeness (QED) is 0.811. The van der Waals surface area contributed by atoms with Crippen LogP contribution in [0.1, 0.15) is 54.3 Å². The summed E-state index contributed by atoms with van der Waals surface area (Å²) in [7, 11) is 2.10. The van der Waals surface area contributed by atoms with Crippen molar-refractivity contribution < 1.29 is 4.39 Å². The van der Waals surface area contributed by atoms with Gasteiger partial charge in [-0.1, -0.05) is 12.1 Å². The smallest absolute Gasteiger partial charge is 0.123 e. The molecule has 4 aliphatic heterocycles. The fourth-order valence-electron chi connectivity index (χ4n) is 6.44. The first-order chi connectivity index (χ1) is 13.7. The van der Waals surface area contributed by atoms with E-state index >= 15 is 0 Å². The summed E-state index contributed by atoms with van der Waals surface area (Å²) < 4.78 is 15.6. The Labute approximate surface area is 166 Å². The van der Waals surface area contributed by atoms with E-state index < -0.39 is 0 Å². The number of rotatable bonds is 4. The fraction of sp³-hybridized carbons (Fsp3) is 0.609. The Morgan fingerprint density at radius 2 is 1.79 bits per heavy atom. The van der Waals surface area contributed by atoms with Gasteiger partial charge in [0.25, 0.3) is 0 Å². The Morgan fingerprint density at radius 3 is 2.50 bits per heavy atom. The van der Waals surface area contributed by atoms with Crippen molar-refractivity contribution in [3.8, 4) is 0 Å². The van der Waals surface area contributed by atoms with Gasteiger partial charge in [-0.3, -0.25) is 14.5 Å². The molecule has 4 saturated heterocycles. The largest absolute Gasteiger partial charge is 0.298 e. The highest BCUT2D eigenvalue weighted by molar-refractivity contribution is 5.30. The van der Waals surface area contributed by atoms with Gasteiger partial charge < -0.3 is 0 Å². The second-order valence-electron chi connectivity index (χ2n) is 9.40. The number of hydrogen-bond acceptors (Lipinski definition) is 3. The third-order valence-electron chi connectivity index (χ3n) is 7.79. The van der Waals surface area contributed by atoms with Crippen molar-refractivity contribution in [2.75, 3.05) is 19.6 Å². The maximum Gasteiger partial charge on any atom is 0.123 e. The molecule has 5 fully saturated rings. The molecule has 3 atom stereocenters. The van der Waals surface area contributed by atoms with E-state index in [-0.39, 0.29) is 5.82 Å². The molecule has 4 nitrogen and oxygen atoms in total.